The van der Waals surface area contributed by atoms with E-state index in [4.69, 9.17) is 11.6 Å². The second-order valence-corrected chi connectivity index (χ2v) is 6.09. The fourth-order valence-corrected chi connectivity index (χ4v) is 2.60. The molecular formula is C14H20ClN. The van der Waals surface area contributed by atoms with Crippen LogP contribution in [0.5, 0.6) is 0 Å². The van der Waals surface area contributed by atoms with Crippen LogP contribution in [0.1, 0.15) is 38.7 Å². The van der Waals surface area contributed by atoms with Gasteiger partial charge in [-0.2, -0.15) is 0 Å². The van der Waals surface area contributed by atoms with Crippen LogP contribution in [0, 0.1) is 0 Å². The second kappa shape index (κ2) is 4.38. The van der Waals surface area contributed by atoms with Crippen molar-refractivity contribution in [3.8, 4) is 0 Å². The second-order valence-electron chi connectivity index (χ2n) is 5.66. The summed E-state index contributed by atoms with van der Waals surface area (Å²) in [5.74, 6) is 0.651. The summed E-state index contributed by atoms with van der Waals surface area (Å²) in [6, 6.07) is 8.31. The molecule has 1 aromatic carbocycles. The van der Waals surface area contributed by atoms with Crippen molar-refractivity contribution < 1.29 is 0 Å². The highest BCUT2D eigenvalue weighted by Crippen LogP contribution is 2.32. The van der Waals surface area contributed by atoms with E-state index >= 15 is 0 Å². The molecule has 0 saturated carbocycles. The van der Waals surface area contributed by atoms with E-state index in [0.717, 1.165) is 11.6 Å². The standard InChI is InChI=1S/C14H20ClN/c1-14(2,3)16-8-7-12(10-16)11-5-4-6-13(15)9-11/h4-6,9,12H,7-8,10H2,1-3H3. The number of halogens is 1. The molecule has 1 aliphatic heterocycles. The van der Waals surface area contributed by atoms with Crippen LogP contribution in [-0.4, -0.2) is 23.5 Å². The molecule has 16 heavy (non-hydrogen) atoms. The number of hydrogen-bond donors (Lipinski definition) is 0. The summed E-state index contributed by atoms with van der Waals surface area (Å²) >= 11 is 6.04. The molecular weight excluding hydrogens is 218 g/mol. The molecule has 0 bridgehead atoms. The minimum atomic E-state index is 0.285. The van der Waals surface area contributed by atoms with Gasteiger partial charge in [0.2, 0.25) is 0 Å². The molecule has 0 spiro atoms. The highest BCUT2D eigenvalue weighted by atomic mass is 35.5. The van der Waals surface area contributed by atoms with Crippen molar-refractivity contribution in [3.63, 3.8) is 0 Å². The molecule has 1 heterocycles. The summed E-state index contributed by atoms with van der Waals surface area (Å²) in [7, 11) is 0. The Morgan fingerprint density at radius 2 is 2.06 bits per heavy atom. The molecule has 0 radical (unpaired) electrons. The normalized spacial score (nSPS) is 22.6. The minimum absolute atomic E-state index is 0.285. The van der Waals surface area contributed by atoms with Gasteiger partial charge in [0.1, 0.15) is 0 Å². The third kappa shape index (κ3) is 2.58. The van der Waals surface area contributed by atoms with E-state index < -0.39 is 0 Å². The molecule has 2 rings (SSSR count). The van der Waals surface area contributed by atoms with Crippen LogP contribution < -0.4 is 0 Å². The van der Waals surface area contributed by atoms with Gasteiger partial charge in [-0.05, 0) is 57.4 Å². The SMILES string of the molecule is CC(C)(C)N1CCC(c2cccc(Cl)c2)C1. The van der Waals surface area contributed by atoms with Gasteiger partial charge in [-0.3, -0.25) is 4.90 Å². The Morgan fingerprint density at radius 3 is 2.62 bits per heavy atom. The van der Waals surface area contributed by atoms with E-state index in [2.05, 4.69) is 43.9 Å². The van der Waals surface area contributed by atoms with Crippen LogP contribution in [0.2, 0.25) is 5.02 Å². The maximum atomic E-state index is 6.04. The molecule has 1 atom stereocenters. The first-order chi connectivity index (χ1) is 7.47. The maximum Gasteiger partial charge on any atom is 0.0408 e. The van der Waals surface area contributed by atoms with Crippen molar-refractivity contribution in [1.29, 1.82) is 0 Å². The van der Waals surface area contributed by atoms with E-state index in [1.807, 2.05) is 6.07 Å². The summed E-state index contributed by atoms with van der Waals surface area (Å²) in [5.41, 5.74) is 1.67. The first-order valence-electron chi connectivity index (χ1n) is 5.97. The maximum absolute atomic E-state index is 6.04. The van der Waals surface area contributed by atoms with Gasteiger partial charge in [0.15, 0.2) is 0 Å². The van der Waals surface area contributed by atoms with Crippen molar-refractivity contribution in [3.05, 3.63) is 34.9 Å². The lowest BCUT2D eigenvalue weighted by atomic mass is 9.98. The first-order valence-corrected chi connectivity index (χ1v) is 6.35. The molecule has 1 saturated heterocycles. The number of hydrogen-bond acceptors (Lipinski definition) is 1. The van der Waals surface area contributed by atoms with Crippen molar-refractivity contribution in [2.75, 3.05) is 13.1 Å². The molecule has 1 aromatic rings. The third-order valence-electron chi connectivity index (χ3n) is 3.46. The zero-order valence-electron chi connectivity index (χ0n) is 10.3. The quantitative estimate of drug-likeness (QED) is 0.716. The van der Waals surface area contributed by atoms with E-state index in [1.54, 1.807) is 0 Å². The summed E-state index contributed by atoms with van der Waals surface area (Å²) in [4.78, 5) is 2.55. The zero-order valence-corrected chi connectivity index (χ0v) is 11.1. The van der Waals surface area contributed by atoms with Crippen molar-refractivity contribution in [2.24, 2.45) is 0 Å². The average Bonchev–Trinajstić information content (AvgIpc) is 2.65. The van der Waals surface area contributed by atoms with E-state index in [9.17, 15) is 0 Å². The minimum Gasteiger partial charge on any atom is -0.298 e. The number of likely N-dealkylation sites (tertiary alicyclic amines) is 1. The Morgan fingerprint density at radius 1 is 1.31 bits per heavy atom. The molecule has 0 amide bonds. The van der Waals surface area contributed by atoms with Crippen LogP contribution in [-0.2, 0) is 0 Å². The lowest BCUT2D eigenvalue weighted by molar-refractivity contribution is 0.173. The molecule has 0 aromatic heterocycles. The van der Waals surface area contributed by atoms with Crippen molar-refractivity contribution >= 4 is 11.6 Å². The highest BCUT2D eigenvalue weighted by Gasteiger charge is 2.30. The Balaban J connectivity index is 2.09. The predicted octanol–water partition coefficient (Wildman–Crippen LogP) is 3.93. The summed E-state index contributed by atoms with van der Waals surface area (Å²) in [6.45, 7) is 9.21. The highest BCUT2D eigenvalue weighted by molar-refractivity contribution is 6.30. The van der Waals surface area contributed by atoms with Crippen LogP contribution in [0.3, 0.4) is 0 Å². The van der Waals surface area contributed by atoms with Gasteiger partial charge in [0, 0.05) is 17.1 Å². The fourth-order valence-electron chi connectivity index (χ4n) is 2.40. The van der Waals surface area contributed by atoms with Gasteiger partial charge in [-0.25, -0.2) is 0 Å². The lowest BCUT2D eigenvalue weighted by Crippen LogP contribution is -2.39. The van der Waals surface area contributed by atoms with Gasteiger partial charge >= 0.3 is 0 Å². The molecule has 1 fully saturated rings. The van der Waals surface area contributed by atoms with Crippen molar-refractivity contribution in [1.82, 2.24) is 4.90 Å². The van der Waals surface area contributed by atoms with Crippen LogP contribution in [0.15, 0.2) is 24.3 Å². The van der Waals surface area contributed by atoms with Gasteiger partial charge in [-0.15, -0.1) is 0 Å². The largest absolute Gasteiger partial charge is 0.298 e. The molecule has 1 aliphatic rings. The molecule has 1 unspecified atom stereocenters. The van der Waals surface area contributed by atoms with E-state index in [1.165, 1.54) is 18.5 Å². The van der Waals surface area contributed by atoms with Crippen LogP contribution in [0.25, 0.3) is 0 Å². The molecule has 0 aliphatic carbocycles. The number of rotatable bonds is 1. The lowest BCUT2D eigenvalue weighted by Gasteiger charge is -2.31. The van der Waals surface area contributed by atoms with Gasteiger partial charge in [0.25, 0.3) is 0 Å². The van der Waals surface area contributed by atoms with Gasteiger partial charge < -0.3 is 0 Å². The van der Waals surface area contributed by atoms with Crippen molar-refractivity contribution in [2.45, 2.75) is 38.6 Å². The number of nitrogens with zero attached hydrogens (tertiary/aromatic N) is 1. The van der Waals surface area contributed by atoms with E-state index in [-0.39, 0.29) is 5.54 Å². The van der Waals surface area contributed by atoms with E-state index in [0.29, 0.717) is 5.92 Å². The Kier molecular flexibility index (Phi) is 3.27. The predicted molar refractivity (Wildman–Crippen MR) is 70.1 cm³/mol. The smallest absolute Gasteiger partial charge is 0.0408 e. The van der Waals surface area contributed by atoms with Crippen LogP contribution >= 0.6 is 11.6 Å². The van der Waals surface area contributed by atoms with Gasteiger partial charge in [0.05, 0.1) is 0 Å². The van der Waals surface area contributed by atoms with Gasteiger partial charge in [-0.1, -0.05) is 23.7 Å². The fraction of sp³-hybridized carbons (Fsp3) is 0.571. The zero-order chi connectivity index (χ0) is 11.8. The average molecular weight is 238 g/mol. The Hall–Kier alpha value is -0.530. The first kappa shape index (κ1) is 11.9. The summed E-state index contributed by atoms with van der Waals surface area (Å²) in [6.07, 6.45) is 1.25. The number of benzene rings is 1. The molecule has 0 N–H and O–H groups in total. The molecule has 1 nitrogen and oxygen atoms in total. The Bertz CT molecular complexity index is 367. The monoisotopic (exact) mass is 237 g/mol. The molecule has 2 heteroatoms. The Labute approximate surface area is 103 Å². The van der Waals surface area contributed by atoms with Crippen LogP contribution in [0.4, 0.5) is 0 Å². The molecule has 88 valence electrons. The topological polar surface area (TPSA) is 3.24 Å². The summed E-state index contributed by atoms with van der Waals surface area (Å²) in [5, 5.41) is 0.853. The third-order valence-corrected chi connectivity index (χ3v) is 3.69. The summed E-state index contributed by atoms with van der Waals surface area (Å²) < 4.78 is 0.